The second-order valence-corrected chi connectivity index (χ2v) is 6.66. The Bertz CT molecular complexity index is 733. The Morgan fingerprint density at radius 2 is 2.12 bits per heavy atom. The van der Waals surface area contributed by atoms with Gasteiger partial charge in [0.05, 0.1) is 7.11 Å². The predicted molar refractivity (Wildman–Crippen MR) is 95.6 cm³/mol. The molecule has 1 saturated carbocycles. The molecule has 6 nitrogen and oxygen atoms in total. The molecule has 1 aliphatic rings. The van der Waals surface area contributed by atoms with Gasteiger partial charge >= 0.3 is 0 Å². The lowest BCUT2D eigenvalue weighted by Gasteiger charge is -2.27. The first kappa shape index (κ1) is 17.5. The van der Waals surface area contributed by atoms with E-state index in [0.29, 0.717) is 17.4 Å². The van der Waals surface area contributed by atoms with Gasteiger partial charge in [0.25, 0.3) is 5.91 Å². The highest BCUT2D eigenvalue weighted by atomic mass is 16.5. The Morgan fingerprint density at radius 3 is 2.80 bits per heavy atom. The molecule has 0 spiro atoms. The Balaban J connectivity index is 1.70. The molecule has 2 aromatic rings. The summed E-state index contributed by atoms with van der Waals surface area (Å²) in [5.74, 6) is 1.64. The molecular weight excluding hydrogens is 318 g/mol. The van der Waals surface area contributed by atoms with Gasteiger partial charge in [-0.25, -0.2) is 4.98 Å². The number of H-pyrrole nitrogens is 1. The fourth-order valence-corrected chi connectivity index (χ4v) is 3.33. The molecule has 3 N–H and O–H groups in total. The lowest BCUT2D eigenvalue weighted by Crippen LogP contribution is -2.38. The van der Waals surface area contributed by atoms with Gasteiger partial charge in [-0.2, -0.15) is 0 Å². The molecule has 1 aliphatic carbocycles. The maximum Gasteiger partial charge on any atom is 0.271 e. The molecular formula is C19H25N3O3. The van der Waals surface area contributed by atoms with E-state index in [-0.39, 0.29) is 18.6 Å². The number of aromatic nitrogens is 2. The Kier molecular flexibility index (Phi) is 5.38. The molecule has 0 aliphatic heterocycles. The molecule has 6 heteroatoms. The zero-order valence-electron chi connectivity index (χ0n) is 14.7. The van der Waals surface area contributed by atoms with Crippen molar-refractivity contribution < 1.29 is 14.6 Å². The van der Waals surface area contributed by atoms with E-state index >= 15 is 0 Å². The predicted octanol–water partition coefficient (Wildman–Crippen LogP) is 2.67. The molecule has 1 aromatic heterocycles. The summed E-state index contributed by atoms with van der Waals surface area (Å²) in [5, 5.41) is 12.3. The number of benzene rings is 1. The van der Waals surface area contributed by atoms with Crippen LogP contribution in [0.5, 0.6) is 5.75 Å². The van der Waals surface area contributed by atoms with Gasteiger partial charge in [-0.1, -0.05) is 12.1 Å². The highest BCUT2D eigenvalue weighted by Gasteiger charge is 2.24. The topological polar surface area (TPSA) is 87.2 Å². The van der Waals surface area contributed by atoms with Crippen molar-refractivity contribution in [1.29, 1.82) is 0 Å². The molecule has 0 bridgehead atoms. The molecule has 1 fully saturated rings. The third-order valence-corrected chi connectivity index (χ3v) is 4.88. The van der Waals surface area contributed by atoms with E-state index in [2.05, 4.69) is 15.3 Å². The fourth-order valence-electron chi connectivity index (χ4n) is 3.33. The summed E-state index contributed by atoms with van der Waals surface area (Å²) in [6.45, 7) is 2.09. The lowest BCUT2D eigenvalue weighted by molar-refractivity contribution is 0.0909. The zero-order valence-corrected chi connectivity index (χ0v) is 14.7. The van der Waals surface area contributed by atoms with Crippen LogP contribution in [-0.2, 0) is 0 Å². The van der Waals surface area contributed by atoms with E-state index in [1.54, 1.807) is 7.11 Å². The first-order valence-electron chi connectivity index (χ1n) is 8.73. The third kappa shape index (κ3) is 4.02. The van der Waals surface area contributed by atoms with Crippen molar-refractivity contribution in [3.05, 3.63) is 35.7 Å². The van der Waals surface area contributed by atoms with Crippen molar-refractivity contribution in [1.82, 2.24) is 15.3 Å². The summed E-state index contributed by atoms with van der Waals surface area (Å²) in [6.07, 6.45) is 3.72. The van der Waals surface area contributed by atoms with Crippen LogP contribution in [0.1, 0.15) is 41.9 Å². The number of carbonyl (C=O) groups is 1. The monoisotopic (exact) mass is 343 g/mol. The lowest BCUT2D eigenvalue weighted by atomic mass is 9.86. The molecule has 1 heterocycles. The fraction of sp³-hybridized carbons (Fsp3) is 0.474. The molecule has 1 aromatic carbocycles. The van der Waals surface area contributed by atoms with E-state index in [0.717, 1.165) is 42.7 Å². The quantitative estimate of drug-likeness (QED) is 0.779. The minimum atomic E-state index is -0.143. The Hall–Kier alpha value is -2.34. The minimum absolute atomic E-state index is 0.143. The number of imidazole rings is 1. The smallest absolute Gasteiger partial charge is 0.271 e. The van der Waals surface area contributed by atoms with Crippen molar-refractivity contribution in [2.24, 2.45) is 5.92 Å². The number of amides is 1. The van der Waals surface area contributed by atoms with Crippen LogP contribution in [0.2, 0.25) is 0 Å². The average Bonchev–Trinajstić information content (AvgIpc) is 3.04. The summed E-state index contributed by atoms with van der Waals surface area (Å²) >= 11 is 0. The molecule has 0 unspecified atom stereocenters. The number of nitrogens with zero attached hydrogens (tertiary/aromatic N) is 1. The van der Waals surface area contributed by atoms with E-state index < -0.39 is 0 Å². The number of rotatable bonds is 5. The van der Waals surface area contributed by atoms with Gasteiger partial charge in [0, 0.05) is 23.9 Å². The maximum atomic E-state index is 12.6. The summed E-state index contributed by atoms with van der Waals surface area (Å²) in [5.41, 5.74) is 2.06. The molecule has 1 amide bonds. The molecule has 134 valence electrons. The maximum absolute atomic E-state index is 12.6. The van der Waals surface area contributed by atoms with Crippen molar-refractivity contribution in [2.45, 2.75) is 38.6 Å². The van der Waals surface area contributed by atoms with Crippen molar-refractivity contribution in [2.75, 3.05) is 13.7 Å². The van der Waals surface area contributed by atoms with Crippen LogP contribution in [0.3, 0.4) is 0 Å². The number of aliphatic hydroxyl groups excluding tert-OH is 1. The number of hydrogen-bond acceptors (Lipinski definition) is 4. The van der Waals surface area contributed by atoms with E-state index in [1.807, 2.05) is 31.2 Å². The highest BCUT2D eigenvalue weighted by molar-refractivity contribution is 5.94. The number of aryl methyl sites for hydroxylation is 1. The van der Waals surface area contributed by atoms with E-state index in [9.17, 15) is 9.90 Å². The van der Waals surface area contributed by atoms with E-state index in [4.69, 9.17) is 4.74 Å². The first-order chi connectivity index (χ1) is 12.1. The Morgan fingerprint density at radius 1 is 1.36 bits per heavy atom. The molecule has 0 atom stereocenters. The highest BCUT2D eigenvalue weighted by Crippen LogP contribution is 2.25. The van der Waals surface area contributed by atoms with Gasteiger partial charge in [0.1, 0.15) is 17.3 Å². The van der Waals surface area contributed by atoms with Crippen LogP contribution in [0.4, 0.5) is 0 Å². The number of aromatic amines is 1. The summed E-state index contributed by atoms with van der Waals surface area (Å²) in [6, 6.07) is 7.74. The molecule has 25 heavy (non-hydrogen) atoms. The number of hydrogen-bond donors (Lipinski definition) is 3. The standard InChI is InChI=1S/C19H25N3O3/c1-12-17(19(24)21-15-8-6-13(11-23)7-9-15)22-18(20-12)14-4-3-5-16(10-14)25-2/h3-5,10,13,15,23H,6-9,11H2,1-2H3,(H,20,22)(H,21,24). The first-order valence-corrected chi connectivity index (χ1v) is 8.73. The largest absolute Gasteiger partial charge is 0.497 e. The average molecular weight is 343 g/mol. The molecule has 3 rings (SSSR count). The number of carbonyl (C=O) groups excluding carboxylic acids is 1. The summed E-state index contributed by atoms with van der Waals surface area (Å²) in [4.78, 5) is 20.3. The minimum Gasteiger partial charge on any atom is -0.497 e. The van der Waals surface area contributed by atoms with Crippen molar-refractivity contribution in [3.63, 3.8) is 0 Å². The second-order valence-electron chi connectivity index (χ2n) is 6.66. The number of aliphatic hydroxyl groups is 1. The summed E-state index contributed by atoms with van der Waals surface area (Å²) < 4.78 is 5.24. The molecule has 0 radical (unpaired) electrons. The number of ether oxygens (including phenoxy) is 1. The van der Waals surface area contributed by atoms with Crippen LogP contribution < -0.4 is 10.1 Å². The van der Waals surface area contributed by atoms with Gasteiger partial charge in [-0.05, 0) is 50.7 Å². The molecule has 0 saturated heterocycles. The zero-order chi connectivity index (χ0) is 17.8. The van der Waals surface area contributed by atoms with Crippen LogP contribution in [-0.4, -0.2) is 40.7 Å². The SMILES string of the molecule is COc1cccc(-c2nc(C(=O)NC3CCC(CO)CC3)c(C)[nH]2)c1. The van der Waals surface area contributed by atoms with Gasteiger partial charge in [0.15, 0.2) is 0 Å². The number of methoxy groups -OCH3 is 1. The summed E-state index contributed by atoms with van der Waals surface area (Å²) in [7, 11) is 1.62. The van der Waals surface area contributed by atoms with Crippen LogP contribution in [0, 0.1) is 12.8 Å². The van der Waals surface area contributed by atoms with Gasteiger partial charge in [-0.15, -0.1) is 0 Å². The van der Waals surface area contributed by atoms with Crippen molar-refractivity contribution >= 4 is 5.91 Å². The normalized spacial score (nSPS) is 20.3. The Labute approximate surface area is 147 Å². The third-order valence-electron chi connectivity index (χ3n) is 4.88. The van der Waals surface area contributed by atoms with Gasteiger partial charge < -0.3 is 20.1 Å². The van der Waals surface area contributed by atoms with Crippen LogP contribution in [0.15, 0.2) is 24.3 Å². The van der Waals surface area contributed by atoms with Gasteiger partial charge in [0.2, 0.25) is 0 Å². The second kappa shape index (κ2) is 7.70. The van der Waals surface area contributed by atoms with Crippen LogP contribution >= 0.6 is 0 Å². The van der Waals surface area contributed by atoms with Crippen LogP contribution in [0.25, 0.3) is 11.4 Å². The van der Waals surface area contributed by atoms with Gasteiger partial charge in [-0.3, -0.25) is 4.79 Å². The number of nitrogens with one attached hydrogen (secondary N) is 2. The van der Waals surface area contributed by atoms with Crippen molar-refractivity contribution in [3.8, 4) is 17.1 Å². The van der Waals surface area contributed by atoms with E-state index in [1.165, 1.54) is 0 Å².